The van der Waals surface area contributed by atoms with Crippen LogP contribution in [0.1, 0.15) is 26.2 Å². The molecule has 5 nitrogen and oxygen atoms in total. The van der Waals surface area contributed by atoms with Gasteiger partial charge >= 0.3 is 0 Å². The molecule has 0 aromatic rings. The van der Waals surface area contributed by atoms with Gasteiger partial charge < -0.3 is 10.2 Å². The highest BCUT2D eigenvalue weighted by atomic mass is 32.2. The van der Waals surface area contributed by atoms with Crippen molar-refractivity contribution in [1.82, 2.24) is 14.9 Å². The highest BCUT2D eigenvalue weighted by Gasteiger charge is 2.19. The highest BCUT2D eigenvalue weighted by Crippen LogP contribution is 2.14. The molecule has 2 N–H and O–H groups in total. The molecule has 0 aliphatic carbocycles. The maximum Gasteiger partial charge on any atom is 0.212 e. The third kappa shape index (κ3) is 6.68. The van der Waals surface area contributed by atoms with Crippen LogP contribution in [0, 0.1) is 5.92 Å². The standard InChI is InChI=1S/C12H27N3O2S/c1-3-6-13-7-9-18(16,17)14-10-12-5-4-8-15(2)11-12/h12-14H,3-11H2,1-2H3. The molecule has 0 amide bonds. The van der Waals surface area contributed by atoms with Gasteiger partial charge in [-0.25, -0.2) is 13.1 Å². The molecule has 0 spiro atoms. The fourth-order valence-electron chi connectivity index (χ4n) is 2.27. The summed E-state index contributed by atoms with van der Waals surface area (Å²) >= 11 is 0. The van der Waals surface area contributed by atoms with E-state index in [1.54, 1.807) is 0 Å². The largest absolute Gasteiger partial charge is 0.316 e. The van der Waals surface area contributed by atoms with E-state index in [2.05, 4.69) is 28.9 Å². The number of piperidine rings is 1. The van der Waals surface area contributed by atoms with Crippen LogP contribution in [0.15, 0.2) is 0 Å². The molecular formula is C12H27N3O2S. The third-order valence-electron chi connectivity index (χ3n) is 3.29. The van der Waals surface area contributed by atoms with E-state index in [0.29, 0.717) is 19.0 Å². The van der Waals surface area contributed by atoms with Crippen molar-refractivity contribution in [2.24, 2.45) is 5.92 Å². The molecule has 0 aromatic carbocycles. The lowest BCUT2D eigenvalue weighted by Gasteiger charge is -2.29. The van der Waals surface area contributed by atoms with E-state index in [0.717, 1.165) is 32.5 Å². The highest BCUT2D eigenvalue weighted by molar-refractivity contribution is 7.89. The molecule has 0 radical (unpaired) electrons. The maximum absolute atomic E-state index is 11.8. The SMILES string of the molecule is CCCNCCS(=O)(=O)NCC1CCCN(C)C1. The molecule has 1 saturated heterocycles. The molecule has 1 heterocycles. The quantitative estimate of drug-likeness (QED) is 0.624. The molecule has 1 aliphatic heterocycles. The van der Waals surface area contributed by atoms with Crippen molar-refractivity contribution >= 4 is 10.0 Å². The lowest BCUT2D eigenvalue weighted by molar-refractivity contribution is 0.211. The first-order valence-electron chi connectivity index (χ1n) is 6.90. The van der Waals surface area contributed by atoms with Crippen molar-refractivity contribution in [3.8, 4) is 0 Å². The van der Waals surface area contributed by atoms with E-state index >= 15 is 0 Å². The fourth-order valence-corrected chi connectivity index (χ4v) is 3.31. The van der Waals surface area contributed by atoms with Gasteiger partial charge in [-0.05, 0) is 45.3 Å². The number of hydrogen-bond acceptors (Lipinski definition) is 4. The summed E-state index contributed by atoms with van der Waals surface area (Å²) in [5.74, 6) is 0.636. The lowest BCUT2D eigenvalue weighted by atomic mass is 9.99. The number of hydrogen-bond donors (Lipinski definition) is 2. The summed E-state index contributed by atoms with van der Waals surface area (Å²) in [5.41, 5.74) is 0. The number of nitrogens with zero attached hydrogens (tertiary/aromatic N) is 1. The molecule has 6 heteroatoms. The smallest absolute Gasteiger partial charge is 0.212 e. The Hall–Kier alpha value is -0.170. The van der Waals surface area contributed by atoms with Gasteiger partial charge in [-0.1, -0.05) is 6.92 Å². The molecule has 1 atom stereocenters. The average molecular weight is 277 g/mol. The van der Waals surface area contributed by atoms with Crippen molar-refractivity contribution in [1.29, 1.82) is 0 Å². The number of nitrogens with one attached hydrogen (secondary N) is 2. The molecule has 1 unspecified atom stereocenters. The minimum Gasteiger partial charge on any atom is -0.316 e. The fraction of sp³-hybridized carbons (Fsp3) is 1.00. The van der Waals surface area contributed by atoms with Crippen molar-refractivity contribution in [2.45, 2.75) is 26.2 Å². The minimum atomic E-state index is -3.11. The summed E-state index contributed by atoms with van der Waals surface area (Å²) in [4.78, 5) is 2.27. The summed E-state index contributed by atoms with van der Waals surface area (Å²) in [5, 5.41) is 3.11. The first-order valence-corrected chi connectivity index (χ1v) is 8.55. The monoisotopic (exact) mass is 277 g/mol. The van der Waals surface area contributed by atoms with Gasteiger partial charge in [0.15, 0.2) is 0 Å². The van der Waals surface area contributed by atoms with Crippen LogP contribution < -0.4 is 10.0 Å². The predicted molar refractivity (Wildman–Crippen MR) is 75.2 cm³/mol. The predicted octanol–water partition coefficient (Wildman–Crippen LogP) is 0.247. The van der Waals surface area contributed by atoms with Gasteiger partial charge in [0.25, 0.3) is 0 Å². The maximum atomic E-state index is 11.8. The van der Waals surface area contributed by atoms with Crippen LogP contribution in [0.2, 0.25) is 0 Å². The first-order chi connectivity index (χ1) is 8.53. The first kappa shape index (κ1) is 15.9. The van der Waals surface area contributed by atoms with Crippen LogP contribution in [-0.2, 0) is 10.0 Å². The Balaban J connectivity index is 2.19. The van der Waals surface area contributed by atoms with Crippen LogP contribution in [0.5, 0.6) is 0 Å². The van der Waals surface area contributed by atoms with Gasteiger partial charge in [-0.3, -0.25) is 0 Å². The molecule has 1 aliphatic rings. The second kappa shape index (κ2) is 8.09. The Morgan fingerprint density at radius 2 is 2.11 bits per heavy atom. The summed E-state index contributed by atoms with van der Waals surface area (Å²) < 4.78 is 26.2. The van der Waals surface area contributed by atoms with E-state index in [9.17, 15) is 8.42 Å². The Morgan fingerprint density at radius 1 is 1.33 bits per heavy atom. The lowest BCUT2D eigenvalue weighted by Crippen LogP contribution is -2.40. The van der Waals surface area contributed by atoms with E-state index in [1.165, 1.54) is 6.42 Å². The van der Waals surface area contributed by atoms with Crippen LogP contribution >= 0.6 is 0 Å². The van der Waals surface area contributed by atoms with Gasteiger partial charge in [-0.15, -0.1) is 0 Å². The normalized spacial score (nSPS) is 22.2. The van der Waals surface area contributed by atoms with E-state index in [4.69, 9.17) is 0 Å². The second-order valence-corrected chi connectivity index (χ2v) is 7.11. The number of likely N-dealkylation sites (tertiary alicyclic amines) is 1. The van der Waals surface area contributed by atoms with Gasteiger partial charge in [0, 0.05) is 19.6 Å². The van der Waals surface area contributed by atoms with Gasteiger partial charge in [0.2, 0.25) is 10.0 Å². The average Bonchev–Trinajstić information content (AvgIpc) is 2.33. The number of sulfonamides is 1. The van der Waals surface area contributed by atoms with Gasteiger partial charge in [-0.2, -0.15) is 0 Å². The third-order valence-corrected chi connectivity index (χ3v) is 4.64. The zero-order chi connectivity index (χ0) is 13.4. The van der Waals surface area contributed by atoms with E-state index in [-0.39, 0.29) is 5.75 Å². The van der Waals surface area contributed by atoms with Crippen LogP contribution in [0.3, 0.4) is 0 Å². The summed E-state index contributed by atoms with van der Waals surface area (Å²) in [6.07, 6.45) is 3.32. The van der Waals surface area contributed by atoms with Crippen LogP contribution in [-0.4, -0.2) is 58.8 Å². The topological polar surface area (TPSA) is 61.4 Å². The minimum absolute atomic E-state index is 0.176. The van der Waals surface area contributed by atoms with Crippen molar-refractivity contribution in [3.63, 3.8) is 0 Å². The molecule has 1 rings (SSSR count). The Labute approximate surface area is 111 Å². The van der Waals surface area contributed by atoms with Crippen LogP contribution in [0.25, 0.3) is 0 Å². The van der Waals surface area contributed by atoms with Crippen molar-refractivity contribution in [2.75, 3.05) is 45.5 Å². The Kier molecular flexibility index (Phi) is 7.14. The molecule has 108 valence electrons. The summed E-state index contributed by atoms with van der Waals surface area (Å²) in [6.45, 7) is 6.19. The Bertz CT molecular complexity index is 319. The van der Waals surface area contributed by atoms with E-state index in [1.807, 2.05) is 0 Å². The molecule has 0 saturated carbocycles. The van der Waals surface area contributed by atoms with Gasteiger partial charge in [0.1, 0.15) is 0 Å². The second-order valence-electron chi connectivity index (χ2n) is 5.19. The van der Waals surface area contributed by atoms with Crippen molar-refractivity contribution in [3.05, 3.63) is 0 Å². The molecule has 0 bridgehead atoms. The Morgan fingerprint density at radius 3 is 2.78 bits per heavy atom. The number of rotatable bonds is 8. The summed E-state index contributed by atoms with van der Waals surface area (Å²) in [7, 11) is -1.02. The van der Waals surface area contributed by atoms with E-state index < -0.39 is 10.0 Å². The summed E-state index contributed by atoms with van der Waals surface area (Å²) in [6, 6.07) is 0. The zero-order valence-corrected chi connectivity index (χ0v) is 12.4. The van der Waals surface area contributed by atoms with Crippen molar-refractivity contribution < 1.29 is 8.42 Å². The molecule has 18 heavy (non-hydrogen) atoms. The molecule has 0 aromatic heterocycles. The molecule has 1 fully saturated rings. The van der Waals surface area contributed by atoms with Crippen LogP contribution in [0.4, 0.5) is 0 Å². The zero-order valence-electron chi connectivity index (χ0n) is 11.6. The van der Waals surface area contributed by atoms with Gasteiger partial charge in [0.05, 0.1) is 5.75 Å². The molecular weight excluding hydrogens is 250 g/mol.